The number of benzene rings is 1. The molecule has 2 rings (SSSR count). The van der Waals surface area contributed by atoms with Crippen molar-refractivity contribution in [1.82, 2.24) is 4.98 Å². The molecule has 2 nitrogen and oxygen atoms in total. The number of pyridine rings is 1. The molecule has 1 atom stereocenters. The molecule has 0 aliphatic carbocycles. The standard InChI is InChI=1S/C21H30N2/c1-16(2)12-21-11-9-18(15-23-21)13-17(3)8-10-19-6-4-5-7-20(19)14-22/h4-7,9,11,15-17H,8,10,12-14,22H2,1-3H3. The van der Waals surface area contributed by atoms with Crippen molar-refractivity contribution in [3.05, 3.63) is 65.0 Å². The Bertz CT molecular complexity index is 587. The summed E-state index contributed by atoms with van der Waals surface area (Å²) in [6.07, 6.45) is 6.51. The molecule has 0 aliphatic rings. The summed E-state index contributed by atoms with van der Waals surface area (Å²) in [6.45, 7) is 7.42. The molecule has 0 spiro atoms. The lowest BCUT2D eigenvalue weighted by Crippen LogP contribution is -2.06. The predicted octanol–water partition coefficient (Wildman–Crippen LogP) is 4.55. The second-order valence-corrected chi connectivity index (χ2v) is 7.08. The van der Waals surface area contributed by atoms with Crippen molar-refractivity contribution >= 4 is 0 Å². The lowest BCUT2D eigenvalue weighted by atomic mass is 9.93. The Morgan fingerprint density at radius 3 is 2.30 bits per heavy atom. The molecule has 0 fully saturated rings. The van der Waals surface area contributed by atoms with Gasteiger partial charge in [0.15, 0.2) is 0 Å². The molecular weight excluding hydrogens is 280 g/mol. The number of aromatic nitrogens is 1. The van der Waals surface area contributed by atoms with Crippen LogP contribution in [0.3, 0.4) is 0 Å². The molecule has 0 amide bonds. The van der Waals surface area contributed by atoms with Gasteiger partial charge in [0.1, 0.15) is 0 Å². The van der Waals surface area contributed by atoms with Crippen molar-refractivity contribution in [2.45, 2.75) is 53.0 Å². The smallest absolute Gasteiger partial charge is 0.0406 e. The minimum absolute atomic E-state index is 0.631. The van der Waals surface area contributed by atoms with E-state index in [2.05, 4.69) is 68.4 Å². The summed E-state index contributed by atoms with van der Waals surface area (Å²) in [6, 6.07) is 12.9. The third-order valence-electron chi connectivity index (χ3n) is 4.33. The molecule has 0 aliphatic heterocycles. The van der Waals surface area contributed by atoms with Gasteiger partial charge in [0, 0.05) is 18.4 Å². The van der Waals surface area contributed by atoms with Gasteiger partial charge in [-0.2, -0.15) is 0 Å². The van der Waals surface area contributed by atoms with E-state index in [-0.39, 0.29) is 0 Å². The van der Waals surface area contributed by atoms with E-state index in [1.165, 1.54) is 28.8 Å². The van der Waals surface area contributed by atoms with Crippen LogP contribution in [0.1, 0.15) is 49.6 Å². The summed E-state index contributed by atoms with van der Waals surface area (Å²) in [5.74, 6) is 1.31. The zero-order chi connectivity index (χ0) is 16.7. The average molecular weight is 310 g/mol. The van der Waals surface area contributed by atoms with Gasteiger partial charge in [0.05, 0.1) is 0 Å². The Morgan fingerprint density at radius 1 is 0.957 bits per heavy atom. The van der Waals surface area contributed by atoms with Gasteiger partial charge in [-0.05, 0) is 60.3 Å². The van der Waals surface area contributed by atoms with E-state index in [4.69, 9.17) is 5.73 Å². The van der Waals surface area contributed by atoms with Crippen molar-refractivity contribution in [2.24, 2.45) is 17.6 Å². The van der Waals surface area contributed by atoms with Crippen LogP contribution >= 0.6 is 0 Å². The lowest BCUT2D eigenvalue weighted by molar-refractivity contribution is 0.528. The largest absolute Gasteiger partial charge is 0.326 e. The van der Waals surface area contributed by atoms with Crippen molar-refractivity contribution in [2.75, 3.05) is 0 Å². The van der Waals surface area contributed by atoms with E-state index in [0.29, 0.717) is 18.4 Å². The van der Waals surface area contributed by atoms with Gasteiger partial charge in [-0.15, -0.1) is 0 Å². The van der Waals surface area contributed by atoms with E-state index in [9.17, 15) is 0 Å². The molecule has 1 heterocycles. The van der Waals surface area contributed by atoms with Crippen LogP contribution < -0.4 is 5.73 Å². The first kappa shape index (κ1) is 17.7. The third kappa shape index (κ3) is 5.80. The molecule has 124 valence electrons. The maximum absolute atomic E-state index is 5.82. The Morgan fingerprint density at radius 2 is 1.70 bits per heavy atom. The van der Waals surface area contributed by atoms with Crippen molar-refractivity contribution in [3.8, 4) is 0 Å². The van der Waals surface area contributed by atoms with E-state index in [1.807, 2.05) is 0 Å². The zero-order valence-corrected chi connectivity index (χ0v) is 14.8. The Labute approximate surface area is 141 Å². The Balaban J connectivity index is 1.85. The van der Waals surface area contributed by atoms with Gasteiger partial charge in [-0.3, -0.25) is 4.98 Å². The summed E-state index contributed by atoms with van der Waals surface area (Å²) in [5.41, 5.74) is 11.0. The highest BCUT2D eigenvalue weighted by Gasteiger charge is 2.07. The lowest BCUT2D eigenvalue weighted by Gasteiger charge is -2.13. The first-order chi connectivity index (χ1) is 11.1. The van der Waals surface area contributed by atoms with Gasteiger partial charge in [0.25, 0.3) is 0 Å². The van der Waals surface area contributed by atoms with Gasteiger partial charge in [0.2, 0.25) is 0 Å². The van der Waals surface area contributed by atoms with Crippen molar-refractivity contribution in [3.63, 3.8) is 0 Å². The molecule has 2 heteroatoms. The molecule has 23 heavy (non-hydrogen) atoms. The molecule has 1 unspecified atom stereocenters. The van der Waals surface area contributed by atoms with Gasteiger partial charge in [-0.25, -0.2) is 0 Å². The number of nitrogens with zero attached hydrogens (tertiary/aromatic N) is 1. The molecule has 1 aromatic heterocycles. The van der Waals surface area contributed by atoms with Crippen LogP contribution in [0, 0.1) is 11.8 Å². The topological polar surface area (TPSA) is 38.9 Å². The van der Waals surface area contributed by atoms with Gasteiger partial charge < -0.3 is 5.73 Å². The van der Waals surface area contributed by atoms with E-state index < -0.39 is 0 Å². The first-order valence-corrected chi connectivity index (χ1v) is 8.79. The highest BCUT2D eigenvalue weighted by molar-refractivity contribution is 5.27. The molecule has 0 bridgehead atoms. The number of nitrogens with two attached hydrogens (primary N) is 1. The van der Waals surface area contributed by atoms with E-state index >= 15 is 0 Å². The summed E-state index contributed by atoms with van der Waals surface area (Å²) in [7, 11) is 0. The predicted molar refractivity (Wildman–Crippen MR) is 98.3 cm³/mol. The van der Waals surface area contributed by atoms with Crippen LogP contribution in [0.4, 0.5) is 0 Å². The van der Waals surface area contributed by atoms with Crippen LogP contribution in [0.15, 0.2) is 42.6 Å². The highest BCUT2D eigenvalue weighted by atomic mass is 14.7. The summed E-state index contributed by atoms with van der Waals surface area (Å²) in [5, 5.41) is 0. The maximum Gasteiger partial charge on any atom is 0.0406 e. The van der Waals surface area contributed by atoms with E-state index in [1.54, 1.807) is 0 Å². The molecule has 2 aromatic rings. The Hall–Kier alpha value is -1.67. The highest BCUT2D eigenvalue weighted by Crippen LogP contribution is 2.17. The molecule has 1 aromatic carbocycles. The van der Waals surface area contributed by atoms with Crippen LogP contribution in [0.5, 0.6) is 0 Å². The average Bonchev–Trinajstić information content (AvgIpc) is 2.54. The second-order valence-electron chi connectivity index (χ2n) is 7.08. The maximum atomic E-state index is 5.82. The van der Waals surface area contributed by atoms with Gasteiger partial charge in [-0.1, -0.05) is 51.1 Å². The minimum Gasteiger partial charge on any atom is -0.326 e. The van der Waals surface area contributed by atoms with Crippen molar-refractivity contribution in [1.29, 1.82) is 0 Å². The summed E-state index contributed by atoms with van der Waals surface area (Å²) < 4.78 is 0. The van der Waals surface area contributed by atoms with Crippen molar-refractivity contribution < 1.29 is 0 Å². The first-order valence-electron chi connectivity index (χ1n) is 8.79. The normalized spacial score (nSPS) is 12.6. The van der Waals surface area contributed by atoms with Crippen LogP contribution in [-0.2, 0) is 25.8 Å². The molecular formula is C21H30N2. The molecule has 0 saturated carbocycles. The molecule has 0 radical (unpaired) electrons. The number of hydrogen-bond donors (Lipinski definition) is 1. The summed E-state index contributed by atoms with van der Waals surface area (Å²) in [4.78, 5) is 4.60. The van der Waals surface area contributed by atoms with Crippen LogP contribution in [-0.4, -0.2) is 4.98 Å². The monoisotopic (exact) mass is 310 g/mol. The summed E-state index contributed by atoms with van der Waals surface area (Å²) >= 11 is 0. The fourth-order valence-electron chi connectivity index (χ4n) is 3.02. The number of hydrogen-bond acceptors (Lipinski definition) is 2. The fraction of sp³-hybridized carbons (Fsp3) is 0.476. The van der Waals surface area contributed by atoms with Gasteiger partial charge >= 0.3 is 0 Å². The third-order valence-corrected chi connectivity index (χ3v) is 4.33. The number of rotatable bonds is 8. The molecule has 0 saturated heterocycles. The second kappa shape index (κ2) is 8.83. The Kier molecular flexibility index (Phi) is 6.79. The molecule has 2 N–H and O–H groups in total. The number of aryl methyl sites for hydroxylation is 1. The zero-order valence-electron chi connectivity index (χ0n) is 14.8. The fourth-order valence-corrected chi connectivity index (χ4v) is 3.02. The van der Waals surface area contributed by atoms with Crippen LogP contribution in [0.2, 0.25) is 0 Å². The van der Waals surface area contributed by atoms with E-state index in [0.717, 1.165) is 19.3 Å². The SMILES string of the molecule is CC(C)Cc1ccc(CC(C)CCc2ccccc2CN)cn1. The minimum atomic E-state index is 0.631. The van der Waals surface area contributed by atoms with Crippen LogP contribution in [0.25, 0.3) is 0 Å². The quantitative estimate of drug-likeness (QED) is 0.777.